The number of methoxy groups -OCH3 is 2. The van der Waals surface area contributed by atoms with Crippen LogP contribution in [0.2, 0.25) is 0 Å². The number of benzene rings is 1. The first-order valence-corrected chi connectivity index (χ1v) is 6.57. The molecule has 0 aliphatic carbocycles. The van der Waals surface area contributed by atoms with Gasteiger partial charge in [0.05, 0.1) is 14.2 Å². The number of carbonyl (C=O) groups is 1. The molecule has 0 atom stereocenters. The van der Waals surface area contributed by atoms with Crippen molar-refractivity contribution in [3.8, 4) is 11.5 Å². The molecule has 0 saturated carbocycles. The number of aliphatic carboxylic acids is 1. The lowest BCUT2D eigenvalue weighted by Crippen LogP contribution is -2.00. The summed E-state index contributed by atoms with van der Waals surface area (Å²) in [5, 5.41) is 8.68. The molecule has 0 spiro atoms. The number of carboxylic acid groups (broad SMARTS) is 1. The number of carboxylic acids is 1. The molecule has 4 nitrogen and oxygen atoms in total. The first-order chi connectivity index (χ1) is 9.12. The molecular weight excluding hydrogens is 244 g/mol. The lowest BCUT2D eigenvalue weighted by atomic mass is 10.0. The number of hydrogen-bond donors (Lipinski definition) is 1. The Morgan fingerprint density at radius 3 is 2.05 bits per heavy atom. The molecule has 1 aromatic rings. The van der Waals surface area contributed by atoms with Crippen LogP contribution < -0.4 is 9.47 Å². The summed E-state index contributed by atoms with van der Waals surface area (Å²) in [6, 6.07) is 3.96. The van der Waals surface area contributed by atoms with E-state index >= 15 is 0 Å². The van der Waals surface area contributed by atoms with E-state index in [-0.39, 0.29) is 6.42 Å². The Kier molecular flexibility index (Phi) is 6.19. The molecule has 4 heteroatoms. The molecule has 1 rings (SSSR count). The molecule has 0 amide bonds. The zero-order chi connectivity index (χ0) is 14.3. The normalized spacial score (nSPS) is 10.3. The predicted octanol–water partition coefficient (Wildman–Crippen LogP) is 3.06. The van der Waals surface area contributed by atoms with Gasteiger partial charge >= 0.3 is 5.97 Å². The molecule has 1 N–H and O–H groups in total. The lowest BCUT2D eigenvalue weighted by molar-refractivity contribution is -0.137. The first kappa shape index (κ1) is 15.3. The maximum Gasteiger partial charge on any atom is 0.303 e. The molecule has 0 unspecified atom stereocenters. The minimum Gasteiger partial charge on any atom is -0.496 e. The van der Waals surface area contributed by atoms with E-state index in [1.54, 1.807) is 14.2 Å². The highest BCUT2D eigenvalue weighted by molar-refractivity contribution is 5.66. The first-order valence-electron chi connectivity index (χ1n) is 6.57. The van der Waals surface area contributed by atoms with Gasteiger partial charge in [0.15, 0.2) is 0 Å². The third-order valence-electron chi connectivity index (χ3n) is 3.04. The van der Waals surface area contributed by atoms with Crippen molar-refractivity contribution in [3.05, 3.63) is 23.3 Å². The zero-order valence-corrected chi connectivity index (χ0v) is 11.9. The Morgan fingerprint density at radius 2 is 1.63 bits per heavy atom. The standard InChI is InChI=1S/C15H22O4/c1-4-6-11-9-14(19-3)12(10-13(11)18-2)7-5-8-15(16)17/h9-10H,4-8H2,1-3H3,(H,16,17). The maximum absolute atomic E-state index is 10.6. The van der Waals surface area contributed by atoms with Crippen LogP contribution in [0.4, 0.5) is 0 Å². The van der Waals surface area contributed by atoms with E-state index in [9.17, 15) is 4.79 Å². The van der Waals surface area contributed by atoms with Crippen molar-refractivity contribution in [2.45, 2.75) is 39.0 Å². The van der Waals surface area contributed by atoms with E-state index in [1.165, 1.54) is 0 Å². The molecule has 0 aliphatic heterocycles. The van der Waals surface area contributed by atoms with Gasteiger partial charge in [-0.05, 0) is 42.5 Å². The minimum atomic E-state index is -0.770. The second kappa shape index (κ2) is 7.67. The van der Waals surface area contributed by atoms with Crippen LogP contribution in [0.15, 0.2) is 12.1 Å². The van der Waals surface area contributed by atoms with Crippen LogP contribution in [0.1, 0.15) is 37.3 Å². The van der Waals surface area contributed by atoms with Crippen molar-refractivity contribution in [2.75, 3.05) is 14.2 Å². The van der Waals surface area contributed by atoms with Gasteiger partial charge in [0, 0.05) is 6.42 Å². The number of hydrogen-bond acceptors (Lipinski definition) is 3. The van der Waals surface area contributed by atoms with Gasteiger partial charge in [0.2, 0.25) is 0 Å². The van der Waals surface area contributed by atoms with Gasteiger partial charge in [-0.15, -0.1) is 0 Å². The van der Waals surface area contributed by atoms with Gasteiger partial charge in [0.25, 0.3) is 0 Å². The second-order valence-corrected chi connectivity index (χ2v) is 4.47. The van der Waals surface area contributed by atoms with E-state index < -0.39 is 5.97 Å². The number of aryl methyl sites for hydroxylation is 2. The monoisotopic (exact) mass is 266 g/mol. The van der Waals surface area contributed by atoms with Gasteiger partial charge in [-0.2, -0.15) is 0 Å². The van der Waals surface area contributed by atoms with Crippen LogP contribution in [0.3, 0.4) is 0 Å². The average molecular weight is 266 g/mol. The molecule has 0 radical (unpaired) electrons. The molecule has 0 aliphatic rings. The third-order valence-corrected chi connectivity index (χ3v) is 3.04. The summed E-state index contributed by atoms with van der Waals surface area (Å²) in [6.45, 7) is 2.12. The molecule has 0 bridgehead atoms. The average Bonchev–Trinajstić information content (AvgIpc) is 2.39. The molecular formula is C15H22O4. The fraction of sp³-hybridized carbons (Fsp3) is 0.533. The minimum absolute atomic E-state index is 0.169. The molecule has 0 fully saturated rings. The highest BCUT2D eigenvalue weighted by Crippen LogP contribution is 2.30. The Balaban J connectivity index is 2.92. The Morgan fingerprint density at radius 1 is 1.11 bits per heavy atom. The van der Waals surface area contributed by atoms with Crippen molar-refractivity contribution < 1.29 is 19.4 Å². The number of ether oxygens (including phenoxy) is 2. The van der Waals surface area contributed by atoms with Crippen LogP contribution in [0, 0.1) is 0 Å². The highest BCUT2D eigenvalue weighted by atomic mass is 16.5. The Hall–Kier alpha value is -1.71. The summed E-state index contributed by atoms with van der Waals surface area (Å²) >= 11 is 0. The Labute approximate surface area is 114 Å². The highest BCUT2D eigenvalue weighted by Gasteiger charge is 2.11. The predicted molar refractivity (Wildman–Crippen MR) is 74.1 cm³/mol. The Bertz CT molecular complexity index is 426. The quantitative estimate of drug-likeness (QED) is 0.785. The van der Waals surface area contributed by atoms with Crippen molar-refractivity contribution in [1.29, 1.82) is 0 Å². The molecule has 0 saturated heterocycles. The number of rotatable bonds is 8. The summed E-state index contributed by atoms with van der Waals surface area (Å²) < 4.78 is 10.8. The zero-order valence-electron chi connectivity index (χ0n) is 11.9. The van der Waals surface area contributed by atoms with E-state index in [0.717, 1.165) is 35.5 Å². The molecule has 106 valence electrons. The summed E-state index contributed by atoms with van der Waals surface area (Å²) in [5.74, 6) is 0.899. The van der Waals surface area contributed by atoms with Gasteiger partial charge in [0.1, 0.15) is 11.5 Å². The topological polar surface area (TPSA) is 55.8 Å². The van der Waals surface area contributed by atoms with E-state index in [0.29, 0.717) is 12.8 Å². The summed E-state index contributed by atoms with van der Waals surface area (Å²) in [7, 11) is 3.29. The van der Waals surface area contributed by atoms with Crippen molar-refractivity contribution in [1.82, 2.24) is 0 Å². The van der Waals surface area contributed by atoms with Crippen molar-refractivity contribution in [3.63, 3.8) is 0 Å². The van der Waals surface area contributed by atoms with Crippen molar-refractivity contribution in [2.24, 2.45) is 0 Å². The molecule has 19 heavy (non-hydrogen) atoms. The van der Waals surface area contributed by atoms with Crippen LogP contribution in [-0.4, -0.2) is 25.3 Å². The van der Waals surface area contributed by atoms with Gasteiger partial charge in [-0.1, -0.05) is 13.3 Å². The molecule has 1 aromatic carbocycles. The van der Waals surface area contributed by atoms with E-state index in [2.05, 4.69) is 6.92 Å². The smallest absolute Gasteiger partial charge is 0.303 e. The SMILES string of the molecule is CCCc1cc(OC)c(CCCC(=O)O)cc1OC. The van der Waals surface area contributed by atoms with E-state index in [1.807, 2.05) is 12.1 Å². The lowest BCUT2D eigenvalue weighted by Gasteiger charge is -2.14. The van der Waals surface area contributed by atoms with Crippen molar-refractivity contribution >= 4 is 5.97 Å². The summed E-state index contributed by atoms with van der Waals surface area (Å²) in [5.41, 5.74) is 2.13. The van der Waals surface area contributed by atoms with Crippen LogP contribution in [-0.2, 0) is 17.6 Å². The fourth-order valence-electron chi connectivity index (χ4n) is 2.11. The van der Waals surface area contributed by atoms with E-state index in [4.69, 9.17) is 14.6 Å². The van der Waals surface area contributed by atoms with Crippen LogP contribution in [0.5, 0.6) is 11.5 Å². The fourth-order valence-corrected chi connectivity index (χ4v) is 2.11. The third kappa shape index (κ3) is 4.47. The molecule has 0 heterocycles. The maximum atomic E-state index is 10.6. The van der Waals surface area contributed by atoms with Gasteiger partial charge < -0.3 is 14.6 Å². The second-order valence-electron chi connectivity index (χ2n) is 4.47. The van der Waals surface area contributed by atoms with Crippen LogP contribution in [0.25, 0.3) is 0 Å². The molecule has 0 aromatic heterocycles. The summed E-state index contributed by atoms with van der Waals surface area (Å²) in [6.07, 6.45) is 3.43. The van der Waals surface area contributed by atoms with Gasteiger partial charge in [-0.25, -0.2) is 0 Å². The van der Waals surface area contributed by atoms with Crippen LogP contribution >= 0.6 is 0 Å². The summed E-state index contributed by atoms with van der Waals surface area (Å²) in [4.78, 5) is 10.6. The van der Waals surface area contributed by atoms with Gasteiger partial charge in [-0.3, -0.25) is 4.79 Å². The largest absolute Gasteiger partial charge is 0.496 e.